The van der Waals surface area contributed by atoms with Gasteiger partial charge < -0.3 is 16.0 Å². The van der Waals surface area contributed by atoms with Crippen LogP contribution in [0.15, 0.2) is 0 Å². The zero-order chi connectivity index (χ0) is 12.9. The summed E-state index contributed by atoms with van der Waals surface area (Å²) in [5.41, 5.74) is -0.397. The minimum absolute atomic E-state index is 0.00732. The molecular weight excluding hydrogens is 218 g/mol. The number of carbonyl (C=O) groups is 2. The Labute approximate surface area is 103 Å². The molecule has 0 bridgehead atoms. The summed E-state index contributed by atoms with van der Waals surface area (Å²) in [5, 5.41) is 8.89. The van der Waals surface area contributed by atoms with Gasteiger partial charge in [-0.15, -0.1) is 0 Å². The molecule has 0 aromatic rings. The molecule has 0 aliphatic carbocycles. The van der Waals surface area contributed by atoms with Crippen molar-refractivity contribution < 1.29 is 9.59 Å². The Bertz CT molecular complexity index is 278. The number of rotatable bonds is 4. The fourth-order valence-corrected chi connectivity index (χ4v) is 1.63. The Kier molecular flexibility index (Phi) is 4.93. The minimum Gasteiger partial charge on any atom is -0.355 e. The molecule has 1 aliphatic rings. The van der Waals surface area contributed by atoms with Crippen LogP contribution < -0.4 is 16.0 Å². The maximum Gasteiger partial charge on any atom is 0.225 e. The first kappa shape index (κ1) is 14.0. The molecule has 1 atom stereocenters. The number of hydrogen-bond acceptors (Lipinski definition) is 3. The van der Waals surface area contributed by atoms with E-state index in [0.29, 0.717) is 13.0 Å². The fourth-order valence-electron chi connectivity index (χ4n) is 1.63. The van der Waals surface area contributed by atoms with E-state index in [0.717, 1.165) is 19.5 Å². The first-order chi connectivity index (χ1) is 7.89. The molecule has 2 amide bonds. The van der Waals surface area contributed by atoms with Gasteiger partial charge in [0.15, 0.2) is 0 Å². The van der Waals surface area contributed by atoms with Gasteiger partial charge in [0.05, 0.1) is 0 Å². The van der Waals surface area contributed by atoms with Gasteiger partial charge in [-0.1, -0.05) is 20.8 Å². The number of nitrogens with one attached hydrogen (secondary N) is 3. The van der Waals surface area contributed by atoms with Crippen molar-refractivity contribution in [3.8, 4) is 0 Å². The summed E-state index contributed by atoms with van der Waals surface area (Å²) in [4.78, 5) is 23.1. The number of hydrogen-bond donors (Lipinski definition) is 3. The minimum atomic E-state index is -0.397. The molecule has 3 N–H and O–H groups in total. The van der Waals surface area contributed by atoms with Crippen LogP contribution in [0.2, 0.25) is 0 Å². The van der Waals surface area contributed by atoms with Crippen LogP contribution in [0.1, 0.15) is 33.6 Å². The Balaban J connectivity index is 2.13. The summed E-state index contributed by atoms with van der Waals surface area (Å²) in [7, 11) is 0. The van der Waals surface area contributed by atoms with Crippen molar-refractivity contribution in [1.29, 1.82) is 0 Å². The molecule has 5 nitrogen and oxygen atoms in total. The van der Waals surface area contributed by atoms with Crippen molar-refractivity contribution >= 4 is 11.8 Å². The standard InChI is InChI=1S/C12H23N3O2/c1-12(2,3)11(17)14-7-5-10(16)15-9-4-6-13-8-9/h9,13H,4-8H2,1-3H3,(H,14,17)(H,15,16). The zero-order valence-corrected chi connectivity index (χ0v) is 10.9. The second-order valence-electron chi connectivity index (χ2n) is 5.51. The van der Waals surface area contributed by atoms with Crippen molar-refractivity contribution in [3.05, 3.63) is 0 Å². The fraction of sp³-hybridized carbons (Fsp3) is 0.833. The highest BCUT2D eigenvalue weighted by atomic mass is 16.2. The quantitative estimate of drug-likeness (QED) is 0.650. The molecule has 17 heavy (non-hydrogen) atoms. The highest BCUT2D eigenvalue weighted by molar-refractivity contribution is 5.82. The first-order valence-corrected chi connectivity index (χ1v) is 6.18. The second kappa shape index (κ2) is 6.00. The Hall–Kier alpha value is -1.10. The van der Waals surface area contributed by atoms with Crippen molar-refractivity contribution in [2.75, 3.05) is 19.6 Å². The summed E-state index contributed by atoms with van der Waals surface area (Å²) < 4.78 is 0. The van der Waals surface area contributed by atoms with Crippen LogP contribution in [0.5, 0.6) is 0 Å². The maximum absolute atomic E-state index is 11.5. The lowest BCUT2D eigenvalue weighted by Crippen LogP contribution is -2.40. The van der Waals surface area contributed by atoms with Crippen LogP contribution in [-0.4, -0.2) is 37.5 Å². The highest BCUT2D eigenvalue weighted by Gasteiger charge is 2.21. The van der Waals surface area contributed by atoms with Crippen LogP contribution in [0.4, 0.5) is 0 Å². The van der Waals surface area contributed by atoms with Gasteiger partial charge in [-0.3, -0.25) is 9.59 Å². The van der Waals surface area contributed by atoms with E-state index in [4.69, 9.17) is 0 Å². The van der Waals surface area contributed by atoms with Gasteiger partial charge in [0.2, 0.25) is 11.8 Å². The van der Waals surface area contributed by atoms with Crippen LogP contribution in [0.25, 0.3) is 0 Å². The average molecular weight is 241 g/mol. The van der Waals surface area contributed by atoms with Gasteiger partial charge in [0.1, 0.15) is 0 Å². The maximum atomic E-state index is 11.5. The summed E-state index contributed by atoms with van der Waals surface area (Å²) in [5.74, 6) is -0.0132. The molecule has 0 spiro atoms. The van der Waals surface area contributed by atoms with Crippen LogP contribution in [-0.2, 0) is 9.59 Å². The third-order valence-electron chi connectivity index (χ3n) is 2.74. The molecule has 1 heterocycles. The molecule has 1 unspecified atom stereocenters. The van der Waals surface area contributed by atoms with E-state index in [1.165, 1.54) is 0 Å². The lowest BCUT2D eigenvalue weighted by atomic mass is 9.96. The summed E-state index contributed by atoms with van der Waals surface area (Å²) in [6, 6.07) is 0.251. The molecule has 1 aliphatic heterocycles. The van der Waals surface area contributed by atoms with E-state index < -0.39 is 5.41 Å². The molecule has 98 valence electrons. The van der Waals surface area contributed by atoms with Gasteiger partial charge in [-0.25, -0.2) is 0 Å². The first-order valence-electron chi connectivity index (χ1n) is 6.18. The van der Waals surface area contributed by atoms with E-state index in [1.54, 1.807) is 0 Å². The normalized spacial score (nSPS) is 20.1. The zero-order valence-electron chi connectivity index (χ0n) is 10.9. The SMILES string of the molecule is CC(C)(C)C(=O)NCCC(=O)NC1CCNC1. The molecule has 1 saturated heterocycles. The summed E-state index contributed by atoms with van der Waals surface area (Å²) >= 11 is 0. The number of carbonyl (C=O) groups excluding carboxylic acids is 2. The molecule has 0 aromatic heterocycles. The van der Waals surface area contributed by atoms with E-state index in [-0.39, 0.29) is 17.9 Å². The predicted molar refractivity (Wildman–Crippen MR) is 66.5 cm³/mol. The largest absolute Gasteiger partial charge is 0.355 e. The van der Waals surface area contributed by atoms with Gasteiger partial charge >= 0.3 is 0 Å². The second-order valence-corrected chi connectivity index (χ2v) is 5.51. The monoisotopic (exact) mass is 241 g/mol. The van der Waals surface area contributed by atoms with Gasteiger partial charge in [-0.2, -0.15) is 0 Å². The van der Waals surface area contributed by atoms with Crippen molar-refractivity contribution in [1.82, 2.24) is 16.0 Å². The molecule has 1 rings (SSSR count). The summed E-state index contributed by atoms with van der Waals surface area (Å²) in [6.07, 6.45) is 1.33. The van der Waals surface area contributed by atoms with E-state index >= 15 is 0 Å². The van der Waals surface area contributed by atoms with Crippen LogP contribution in [0, 0.1) is 5.41 Å². The molecule has 1 fully saturated rings. The molecule has 0 aromatic carbocycles. The Morgan fingerprint density at radius 3 is 2.59 bits per heavy atom. The van der Waals surface area contributed by atoms with E-state index in [1.807, 2.05) is 20.8 Å². The number of amides is 2. The smallest absolute Gasteiger partial charge is 0.225 e. The van der Waals surface area contributed by atoms with Crippen molar-refractivity contribution in [2.24, 2.45) is 5.41 Å². The molecule has 5 heteroatoms. The Morgan fingerprint density at radius 2 is 2.06 bits per heavy atom. The highest BCUT2D eigenvalue weighted by Crippen LogP contribution is 2.12. The Morgan fingerprint density at radius 1 is 1.35 bits per heavy atom. The van der Waals surface area contributed by atoms with Gasteiger partial charge in [0, 0.05) is 31.0 Å². The lowest BCUT2D eigenvalue weighted by Gasteiger charge is -2.17. The van der Waals surface area contributed by atoms with Gasteiger partial charge in [-0.05, 0) is 13.0 Å². The topological polar surface area (TPSA) is 70.2 Å². The van der Waals surface area contributed by atoms with Crippen LogP contribution >= 0.6 is 0 Å². The average Bonchev–Trinajstić information content (AvgIpc) is 2.68. The molecule has 0 radical (unpaired) electrons. The third kappa shape index (κ3) is 5.17. The predicted octanol–water partition coefficient (Wildman–Crippen LogP) is 0.0169. The molecule has 0 saturated carbocycles. The molecular formula is C12H23N3O2. The van der Waals surface area contributed by atoms with E-state index in [9.17, 15) is 9.59 Å². The van der Waals surface area contributed by atoms with Crippen LogP contribution in [0.3, 0.4) is 0 Å². The van der Waals surface area contributed by atoms with Crippen molar-refractivity contribution in [3.63, 3.8) is 0 Å². The van der Waals surface area contributed by atoms with Crippen molar-refractivity contribution in [2.45, 2.75) is 39.7 Å². The third-order valence-corrected chi connectivity index (χ3v) is 2.74. The van der Waals surface area contributed by atoms with E-state index in [2.05, 4.69) is 16.0 Å². The lowest BCUT2D eigenvalue weighted by molar-refractivity contribution is -0.128. The summed E-state index contributed by atoms with van der Waals surface area (Å²) in [6.45, 7) is 7.78. The van der Waals surface area contributed by atoms with Gasteiger partial charge in [0.25, 0.3) is 0 Å².